The Kier molecular flexibility index (Phi) is 3.27. The Hall–Kier alpha value is -2.37. The molecule has 2 aromatic heterocycles. The predicted octanol–water partition coefficient (Wildman–Crippen LogP) is 0.752. The molecule has 18 heavy (non-hydrogen) atoms. The normalized spacial score (nSPS) is 10.5. The van der Waals surface area contributed by atoms with Crippen LogP contribution < -0.4 is 5.43 Å². The minimum Gasteiger partial charge on any atom is -0.477 e. The maximum atomic E-state index is 11.5. The van der Waals surface area contributed by atoms with Gasteiger partial charge in [0.25, 0.3) is 0 Å². The van der Waals surface area contributed by atoms with Crippen LogP contribution in [0.5, 0.6) is 0 Å². The van der Waals surface area contributed by atoms with Crippen LogP contribution in [0.1, 0.15) is 16.1 Å². The lowest BCUT2D eigenvalue weighted by molar-refractivity contribution is 0.0694. The summed E-state index contributed by atoms with van der Waals surface area (Å²) in [7, 11) is 0. The van der Waals surface area contributed by atoms with Gasteiger partial charge in [-0.1, -0.05) is 0 Å². The Morgan fingerprint density at radius 3 is 2.83 bits per heavy atom. The number of carboxylic acid groups (broad SMARTS) is 1. The maximum absolute atomic E-state index is 11.5. The van der Waals surface area contributed by atoms with Crippen LogP contribution in [0.15, 0.2) is 35.5 Å². The van der Waals surface area contributed by atoms with E-state index in [1.807, 2.05) is 12.3 Å². The Morgan fingerprint density at radius 2 is 2.22 bits per heavy atom. The minimum atomic E-state index is -1.20. The van der Waals surface area contributed by atoms with E-state index >= 15 is 0 Å². The molecule has 0 bridgehead atoms. The highest BCUT2D eigenvalue weighted by Crippen LogP contribution is 2.01. The summed E-state index contributed by atoms with van der Waals surface area (Å²) in [5, 5.41) is 13.0. The Labute approximate surface area is 103 Å². The summed E-state index contributed by atoms with van der Waals surface area (Å²) in [6.07, 6.45) is 4.89. The van der Waals surface area contributed by atoms with E-state index in [2.05, 4.69) is 5.10 Å². The summed E-state index contributed by atoms with van der Waals surface area (Å²) in [5.74, 6) is -1.20. The van der Waals surface area contributed by atoms with Crippen molar-refractivity contribution in [3.8, 4) is 0 Å². The standard InChI is InChI=1S/C12H13N3O3/c1-9-7-11(16)10(12(17)18)8-14(9)5-6-15-4-2-3-13-15/h2-4,7-8H,5-6H2,1H3,(H,17,18). The topological polar surface area (TPSA) is 77.1 Å². The first-order valence-corrected chi connectivity index (χ1v) is 5.50. The fraction of sp³-hybridized carbons (Fsp3) is 0.250. The molecule has 0 saturated heterocycles. The van der Waals surface area contributed by atoms with Crippen molar-refractivity contribution in [2.45, 2.75) is 20.0 Å². The monoisotopic (exact) mass is 247 g/mol. The molecular weight excluding hydrogens is 234 g/mol. The summed E-state index contributed by atoms with van der Waals surface area (Å²) in [5.41, 5.74) is 0.0635. The first-order chi connectivity index (χ1) is 8.58. The van der Waals surface area contributed by atoms with Crippen LogP contribution in [0.4, 0.5) is 0 Å². The van der Waals surface area contributed by atoms with Gasteiger partial charge in [-0.05, 0) is 13.0 Å². The molecule has 1 N–H and O–H groups in total. The lowest BCUT2D eigenvalue weighted by Crippen LogP contribution is -2.20. The Balaban J connectivity index is 2.24. The summed E-state index contributed by atoms with van der Waals surface area (Å²) < 4.78 is 3.49. The number of aromatic nitrogens is 3. The summed E-state index contributed by atoms with van der Waals surface area (Å²) in [6.45, 7) is 2.96. The van der Waals surface area contributed by atoms with Crippen molar-refractivity contribution in [3.63, 3.8) is 0 Å². The van der Waals surface area contributed by atoms with E-state index in [9.17, 15) is 9.59 Å². The van der Waals surface area contributed by atoms with Crippen molar-refractivity contribution in [1.29, 1.82) is 0 Å². The van der Waals surface area contributed by atoms with E-state index in [0.717, 1.165) is 5.69 Å². The summed E-state index contributed by atoms with van der Waals surface area (Å²) >= 11 is 0. The second kappa shape index (κ2) is 4.87. The molecule has 0 spiro atoms. The lowest BCUT2D eigenvalue weighted by Gasteiger charge is -2.11. The fourth-order valence-corrected chi connectivity index (χ4v) is 1.72. The van der Waals surface area contributed by atoms with E-state index in [1.54, 1.807) is 22.4 Å². The van der Waals surface area contributed by atoms with Crippen LogP contribution in [0.2, 0.25) is 0 Å². The molecular formula is C12H13N3O3. The molecule has 0 unspecified atom stereocenters. The summed E-state index contributed by atoms with van der Waals surface area (Å²) in [6, 6.07) is 3.16. The molecule has 6 heteroatoms. The molecule has 6 nitrogen and oxygen atoms in total. The van der Waals surface area contributed by atoms with Gasteiger partial charge in [0.2, 0.25) is 0 Å². The number of aromatic carboxylic acids is 1. The molecule has 0 radical (unpaired) electrons. The van der Waals surface area contributed by atoms with Crippen molar-refractivity contribution in [1.82, 2.24) is 14.3 Å². The first-order valence-electron chi connectivity index (χ1n) is 5.50. The SMILES string of the molecule is Cc1cc(=O)c(C(=O)O)cn1CCn1cccn1. The molecule has 0 fully saturated rings. The van der Waals surface area contributed by atoms with Gasteiger partial charge < -0.3 is 9.67 Å². The zero-order valence-electron chi connectivity index (χ0n) is 9.91. The maximum Gasteiger partial charge on any atom is 0.341 e. The number of hydrogen-bond acceptors (Lipinski definition) is 3. The second-order valence-corrected chi connectivity index (χ2v) is 3.96. The molecule has 0 saturated carbocycles. The van der Waals surface area contributed by atoms with Crippen LogP contribution in [-0.2, 0) is 13.1 Å². The van der Waals surface area contributed by atoms with Crippen molar-refractivity contribution in [2.24, 2.45) is 0 Å². The number of aryl methyl sites for hydroxylation is 3. The smallest absolute Gasteiger partial charge is 0.341 e. The molecule has 0 aliphatic heterocycles. The van der Waals surface area contributed by atoms with Crippen LogP contribution >= 0.6 is 0 Å². The van der Waals surface area contributed by atoms with Crippen LogP contribution in [0.25, 0.3) is 0 Å². The predicted molar refractivity (Wildman–Crippen MR) is 64.6 cm³/mol. The largest absolute Gasteiger partial charge is 0.477 e. The van der Waals surface area contributed by atoms with Crippen LogP contribution in [0, 0.1) is 6.92 Å². The van der Waals surface area contributed by atoms with Crippen molar-refractivity contribution in [3.05, 3.63) is 52.2 Å². The molecule has 0 aliphatic rings. The minimum absolute atomic E-state index is 0.207. The molecule has 94 valence electrons. The molecule has 0 aliphatic carbocycles. The highest BCUT2D eigenvalue weighted by Gasteiger charge is 2.10. The molecule has 0 amide bonds. The van der Waals surface area contributed by atoms with Gasteiger partial charge in [0.1, 0.15) is 5.56 Å². The number of nitrogens with zero attached hydrogens (tertiary/aromatic N) is 3. The average Bonchev–Trinajstić information content (AvgIpc) is 2.80. The number of carbonyl (C=O) groups is 1. The van der Waals surface area contributed by atoms with E-state index < -0.39 is 11.4 Å². The van der Waals surface area contributed by atoms with E-state index in [4.69, 9.17) is 5.11 Å². The molecule has 0 atom stereocenters. The highest BCUT2D eigenvalue weighted by molar-refractivity contribution is 5.87. The second-order valence-electron chi connectivity index (χ2n) is 3.96. The van der Waals surface area contributed by atoms with Gasteiger partial charge in [0, 0.05) is 36.9 Å². The van der Waals surface area contributed by atoms with Crippen LogP contribution in [-0.4, -0.2) is 25.4 Å². The van der Waals surface area contributed by atoms with Crippen molar-refractivity contribution in [2.75, 3.05) is 0 Å². The Bertz CT molecular complexity index is 614. The molecule has 0 aromatic carbocycles. The number of pyridine rings is 1. The van der Waals surface area contributed by atoms with Gasteiger partial charge >= 0.3 is 5.97 Å². The third kappa shape index (κ3) is 2.48. The third-order valence-electron chi connectivity index (χ3n) is 2.70. The number of hydrogen-bond donors (Lipinski definition) is 1. The quantitative estimate of drug-likeness (QED) is 0.865. The molecule has 2 aromatic rings. The van der Waals surface area contributed by atoms with Gasteiger partial charge in [0.15, 0.2) is 5.43 Å². The number of carboxylic acids is 1. The zero-order chi connectivity index (χ0) is 13.1. The van der Waals surface area contributed by atoms with E-state index in [1.165, 1.54) is 12.3 Å². The molecule has 2 rings (SSSR count). The van der Waals surface area contributed by atoms with Gasteiger partial charge in [-0.2, -0.15) is 5.10 Å². The third-order valence-corrected chi connectivity index (χ3v) is 2.70. The zero-order valence-corrected chi connectivity index (χ0v) is 9.91. The van der Waals surface area contributed by atoms with Gasteiger partial charge in [-0.25, -0.2) is 4.79 Å². The van der Waals surface area contributed by atoms with Crippen molar-refractivity contribution < 1.29 is 9.90 Å². The highest BCUT2D eigenvalue weighted by atomic mass is 16.4. The fourth-order valence-electron chi connectivity index (χ4n) is 1.72. The Morgan fingerprint density at radius 1 is 1.44 bits per heavy atom. The van der Waals surface area contributed by atoms with E-state index in [-0.39, 0.29) is 5.56 Å². The lowest BCUT2D eigenvalue weighted by atomic mass is 10.2. The van der Waals surface area contributed by atoms with Crippen LogP contribution in [0.3, 0.4) is 0 Å². The average molecular weight is 247 g/mol. The molecule has 2 heterocycles. The first kappa shape index (κ1) is 12.1. The van der Waals surface area contributed by atoms with Crippen molar-refractivity contribution >= 4 is 5.97 Å². The van der Waals surface area contributed by atoms with Gasteiger partial charge in [-0.15, -0.1) is 0 Å². The van der Waals surface area contributed by atoms with Gasteiger partial charge in [0.05, 0.1) is 6.54 Å². The van der Waals surface area contributed by atoms with E-state index in [0.29, 0.717) is 13.1 Å². The van der Waals surface area contributed by atoms with Gasteiger partial charge in [-0.3, -0.25) is 9.48 Å². The summed E-state index contributed by atoms with van der Waals surface area (Å²) in [4.78, 5) is 22.3. The number of rotatable bonds is 4.